The highest BCUT2D eigenvalue weighted by Crippen LogP contribution is 2.21. The molecule has 0 atom stereocenters. The van der Waals surface area contributed by atoms with E-state index in [9.17, 15) is 9.59 Å². The van der Waals surface area contributed by atoms with Gasteiger partial charge in [-0.05, 0) is 42.0 Å². The summed E-state index contributed by atoms with van der Waals surface area (Å²) in [5, 5.41) is 20.4. The molecular formula is C22H19N5O3. The molecule has 3 N–H and O–H groups in total. The lowest BCUT2D eigenvalue weighted by molar-refractivity contribution is 0.0690. The first-order valence-corrected chi connectivity index (χ1v) is 9.25. The topological polar surface area (TPSA) is 109 Å². The van der Waals surface area contributed by atoms with Crippen molar-refractivity contribution in [2.45, 2.75) is 6.54 Å². The molecule has 1 amide bonds. The number of para-hydroxylation sites is 1. The Morgan fingerprint density at radius 3 is 2.70 bits per heavy atom. The van der Waals surface area contributed by atoms with E-state index in [1.807, 2.05) is 43.6 Å². The highest BCUT2D eigenvalue weighted by molar-refractivity contribution is 6.08. The lowest BCUT2D eigenvalue weighted by atomic mass is 10.1. The van der Waals surface area contributed by atoms with Gasteiger partial charge in [0.1, 0.15) is 5.69 Å². The number of fused-ring (bicyclic) bond motifs is 1. The molecule has 0 unspecified atom stereocenters. The third kappa shape index (κ3) is 4.12. The van der Waals surface area contributed by atoms with Crippen LogP contribution in [0.15, 0.2) is 67.0 Å². The molecular weight excluding hydrogens is 382 g/mol. The van der Waals surface area contributed by atoms with Gasteiger partial charge in [-0.25, -0.2) is 9.78 Å². The quantitative estimate of drug-likeness (QED) is 0.456. The molecule has 4 aromatic rings. The fraction of sp³-hybridized carbons (Fsp3) is 0.0909. The van der Waals surface area contributed by atoms with Gasteiger partial charge in [0, 0.05) is 42.7 Å². The van der Waals surface area contributed by atoms with Gasteiger partial charge in [-0.2, -0.15) is 5.10 Å². The van der Waals surface area contributed by atoms with Crippen molar-refractivity contribution in [1.82, 2.24) is 14.8 Å². The third-order valence-electron chi connectivity index (χ3n) is 4.58. The Balaban J connectivity index is 1.48. The summed E-state index contributed by atoms with van der Waals surface area (Å²) in [5.74, 6) is -1.31. The summed E-state index contributed by atoms with van der Waals surface area (Å²) in [5.41, 5.74) is 3.41. The van der Waals surface area contributed by atoms with Crippen molar-refractivity contribution < 1.29 is 14.7 Å². The molecule has 0 radical (unpaired) electrons. The van der Waals surface area contributed by atoms with E-state index in [1.165, 1.54) is 12.3 Å². The number of aryl methyl sites for hydroxylation is 1. The van der Waals surface area contributed by atoms with Gasteiger partial charge >= 0.3 is 5.97 Å². The third-order valence-corrected chi connectivity index (χ3v) is 4.58. The number of carboxylic acids is 1. The van der Waals surface area contributed by atoms with E-state index in [2.05, 4.69) is 20.7 Å². The second kappa shape index (κ2) is 8.04. The molecule has 2 heterocycles. The van der Waals surface area contributed by atoms with E-state index in [-0.39, 0.29) is 11.6 Å². The van der Waals surface area contributed by atoms with Crippen LogP contribution >= 0.6 is 0 Å². The summed E-state index contributed by atoms with van der Waals surface area (Å²) < 4.78 is 1.73. The molecule has 150 valence electrons. The predicted molar refractivity (Wildman–Crippen MR) is 114 cm³/mol. The molecule has 0 aliphatic heterocycles. The Labute approximate surface area is 172 Å². The molecule has 0 saturated heterocycles. The van der Waals surface area contributed by atoms with Crippen LogP contribution in [-0.2, 0) is 13.6 Å². The summed E-state index contributed by atoms with van der Waals surface area (Å²) in [6.07, 6.45) is 3.42. The number of benzene rings is 2. The number of carbonyl (C=O) groups is 2. The van der Waals surface area contributed by atoms with Gasteiger partial charge in [0.15, 0.2) is 0 Å². The van der Waals surface area contributed by atoms with Crippen molar-refractivity contribution in [2.75, 3.05) is 10.6 Å². The number of pyridine rings is 1. The van der Waals surface area contributed by atoms with Gasteiger partial charge < -0.3 is 15.7 Å². The number of amides is 1. The summed E-state index contributed by atoms with van der Waals surface area (Å²) in [4.78, 5) is 27.7. The van der Waals surface area contributed by atoms with Crippen LogP contribution in [0.5, 0.6) is 0 Å². The predicted octanol–water partition coefficient (Wildman–Crippen LogP) is 3.53. The number of rotatable bonds is 6. The van der Waals surface area contributed by atoms with Gasteiger partial charge in [0.05, 0.1) is 11.1 Å². The molecule has 8 nitrogen and oxygen atoms in total. The van der Waals surface area contributed by atoms with Crippen molar-refractivity contribution in [1.29, 1.82) is 0 Å². The average Bonchev–Trinajstić information content (AvgIpc) is 3.12. The van der Waals surface area contributed by atoms with Crippen molar-refractivity contribution in [3.05, 3.63) is 83.8 Å². The van der Waals surface area contributed by atoms with Gasteiger partial charge in [0.2, 0.25) is 0 Å². The van der Waals surface area contributed by atoms with Gasteiger partial charge in [-0.3, -0.25) is 9.48 Å². The molecule has 0 aliphatic rings. The second-order valence-corrected chi connectivity index (χ2v) is 6.79. The molecule has 0 saturated carbocycles. The summed E-state index contributed by atoms with van der Waals surface area (Å²) in [6.45, 7) is 0.400. The fourth-order valence-electron chi connectivity index (χ4n) is 3.10. The van der Waals surface area contributed by atoms with E-state index in [0.29, 0.717) is 23.5 Å². The number of hydrogen-bond donors (Lipinski definition) is 3. The van der Waals surface area contributed by atoms with Crippen molar-refractivity contribution in [2.24, 2.45) is 7.05 Å². The van der Waals surface area contributed by atoms with Crippen LogP contribution < -0.4 is 10.6 Å². The molecule has 30 heavy (non-hydrogen) atoms. The van der Waals surface area contributed by atoms with Crippen molar-refractivity contribution in [3.63, 3.8) is 0 Å². The minimum atomic E-state index is -1.07. The van der Waals surface area contributed by atoms with E-state index in [4.69, 9.17) is 5.11 Å². The highest BCUT2D eigenvalue weighted by atomic mass is 16.4. The number of anilines is 2. The van der Waals surface area contributed by atoms with Crippen LogP contribution in [0.25, 0.3) is 10.9 Å². The zero-order valence-electron chi connectivity index (χ0n) is 16.2. The van der Waals surface area contributed by atoms with Crippen molar-refractivity contribution >= 4 is 34.2 Å². The number of aromatic carboxylic acids is 1. The van der Waals surface area contributed by atoms with Crippen LogP contribution in [0.2, 0.25) is 0 Å². The maximum absolute atomic E-state index is 12.9. The Kier molecular flexibility index (Phi) is 5.13. The van der Waals surface area contributed by atoms with Gasteiger partial charge in [0.25, 0.3) is 5.91 Å². The fourth-order valence-corrected chi connectivity index (χ4v) is 3.10. The van der Waals surface area contributed by atoms with Crippen LogP contribution in [0.1, 0.15) is 26.4 Å². The smallest absolute Gasteiger partial charge is 0.354 e. The maximum atomic E-state index is 12.9. The van der Waals surface area contributed by atoms with E-state index >= 15 is 0 Å². The minimum Gasteiger partial charge on any atom is -0.477 e. The molecule has 2 aromatic heterocycles. The largest absolute Gasteiger partial charge is 0.477 e. The van der Waals surface area contributed by atoms with E-state index < -0.39 is 5.97 Å². The molecule has 4 rings (SSSR count). The lowest BCUT2D eigenvalue weighted by Gasteiger charge is -2.12. The zero-order chi connectivity index (χ0) is 21.1. The molecule has 0 aliphatic carbocycles. The maximum Gasteiger partial charge on any atom is 0.354 e. The standard InChI is InChI=1S/C22H19N5O3/c1-27-13-15-7-8-16(10-20(15)26-27)25-21(28)17-4-2-3-5-18(17)23-11-14-6-9-19(22(29)30)24-12-14/h2-10,12-13,23H,11H2,1H3,(H,25,28)(H,29,30). The number of hydrogen-bond acceptors (Lipinski definition) is 5. The molecule has 0 fully saturated rings. The van der Waals surface area contributed by atoms with E-state index in [0.717, 1.165) is 16.5 Å². The Morgan fingerprint density at radius 2 is 1.93 bits per heavy atom. The lowest BCUT2D eigenvalue weighted by Crippen LogP contribution is -2.15. The number of aromatic nitrogens is 3. The Morgan fingerprint density at radius 1 is 1.10 bits per heavy atom. The number of nitrogens with one attached hydrogen (secondary N) is 2. The summed E-state index contributed by atoms with van der Waals surface area (Å²) in [7, 11) is 1.85. The normalized spacial score (nSPS) is 10.7. The number of nitrogens with zero attached hydrogens (tertiary/aromatic N) is 3. The average molecular weight is 401 g/mol. The number of carboxylic acid groups (broad SMARTS) is 1. The number of carbonyl (C=O) groups excluding carboxylic acids is 1. The molecule has 2 aromatic carbocycles. The summed E-state index contributed by atoms with van der Waals surface area (Å²) in [6, 6.07) is 15.9. The van der Waals surface area contributed by atoms with Crippen LogP contribution in [-0.4, -0.2) is 31.7 Å². The monoisotopic (exact) mass is 401 g/mol. The first-order valence-electron chi connectivity index (χ1n) is 9.25. The zero-order valence-corrected chi connectivity index (χ0v) is 16.2. The molecule has 0 bridgehead atoms. The van der Waals surface area contributed by atoms with Crippen LogP contribution in [0.3, 0.4) is 0 Å². The van der Waals surface area contributed by atoms with Gasteiger partial charge in [-0.1, -0.05) is 18.2 Å². The van der Waals surface area contributed by atoms with Gasteiger partial charge in [-0.15, -0.1) is 0 Å². The Bertz CT molecular complexity index is 1230. The first kappa shape index (κ1) is 19.1. The van der Waals surface area contributed by atoms with Crippen LogP contribution in [0, 0.1) is 0 Å². The van der Waals surface area contributed by atoms with E-state index in [1.54, 1.807) is 22.9 Å². The first-order chi connectivity index (χ1) is 14.5. The second-order valence-electron chi connectivity index (χ2n) is 6.79. The SMILES string of the molecule is Cn1cc2ccc(NC(=O)c3ccccc3NCc3ccc(C(=O)O)nc3)cc2n1. The highest BCUT2D eigenvalue weighted by Gasteiger charge is 2.12. The van der Waals surface area contributed by atoms with Crippen molar-refractivity contribution in [3.8, 4) is 0 Å². The minimum absolute atomic E-state index is 0.0107. The molecule has 0 spiro atoms. The molecule has 8 heteroatoms. The van der Waals surface area contributed by atoms with Crippen LogP contribution in [0.4, 0.5) is 11.4 Å². The summed E-state index contributed by atoms with van der Waals surface area (Å²) >= 11 is 0. The Hall–Kier alpha value is -4.20.